The highest BCUT2D eigenvalue weighted by Crippen LogP contribution is 2.39. The third kappa shape index (κ3) is 4.12. The fourth-order valence-corrected chi connectivity index (χ4v) is 4.32. The van der Waals surface area contributed by atoms with E-state index in [0.717, 1.165) is 25.7 Å². The zero-order valence-corrected chi connectivity index (χ0v) is 18.2. The number of fused-ring (bicyclic) bond motifs is 1. The van der Waals surface area contributed by atoms with Crippen LogP contribution in [0.5, 0.6) is 5.75 Å². The zero-order valence-electron chi connectivity index (χ0n) is 17.4. The second-order valence-corrected chi connectivity index (χ2v) is 8.12. The van der Waals surface area contributed by atoms with Crippen LogP contribution in [-0.4, -0.2) is 46.9 Å². The molecule has 10 heteroatoms. The maximum absolute atomic E-state index is 15.0. The van der Waals surface area contributed by atoms with E-state index in [1.165, 1.54) is 29.0 Å². The number of aliphatic hydroxyl groups excluding tert-OH is 1. The summed E-state index contributed by atoms with van der Waals surface area (Å²) in [4.78, 5) is 25.0. The molecule has 0 spiro atoms. The summed E-state index contributed by atoms with van der Waals surface area (Å²) in [7, 11) is 1.36. The lowest BCUT2D eigenvalue weighted by Gasteiger charge is -2.36. The smallest absolute Gasteiger partial charge is 0.330 e. The topological polar surface area (TPSA) is 90.8 Å². The van der Waals surface area contributed by atoms with E-state index in [1.807, 2.05) is 6.92 Å². The highest BCUT2D eigenvalue weighted by Gasteiger charge is 2.35. The van der Waals surface area contributed by atoms with Gasteiger partial charge in [0.1, 0.15) is 11.5 Å². The Morgan fingerprint density at radius 3 is 2.74 bits per heavy atom. The molecule has 166 valence electrons. The molecule has 1 aromatic carbocycles. The summed E-state index contributed by atoms with van der Waals surface area (Å²) in [5.74, 6) is 0.248. The van der Waals surface area contributed by atoms with Crippen LogP contribution in [-0.2, 0) is 6.54 Å². The van der Waals surface area contributed by atoms with E-state index in [-0.39, 0.29) is 35.2 Å². The predicted octanol–water partition coefficient (Wildman–Crippen LogP) is 3.96. The van der Waals surface area contributed by atoms with Gasteiger partial charge in [0.05, 0.1) is 24.8 Å². The van der Waals surface area contributed by atoms with Crippen molar-refractivity contribution in [1.82, 2.24) is 9.97 Å². The second kappa shape index (κ2) is 8.84. The van der Waals surface area contributed by atoms with Crippen molar-refractivity contribution in [2.75, 3.05) is 28.8 Å². The van der Waals surface area contributed by atoms with E-state index in [2.05, 4.69) is 15.3 Å². The predicted molar refractivity (Wildman–Crippen MR) is 116 cm³/mol. The molecule has 2 aromatic rings. The van der Waals surface area contributed by atoms with Crippen molar-refractivity contribution in [1.29, 1.82) is 0 Å². The zero-order chi connectivity index (χ0) is 22.1. The number of aromatic nitrogens is 2. The number of benzene rings is 1. The van der Waals surface area contributed by atoms with Crippen LogP contribution in [0.2, 0.25) is 5.02 Å². The molecule has 0 radical (unpaired) electrons. The van der Waals surface area contributed by atoms with Crippen LogP contribution in [0.3, 0.4) is 0 Å². The number of carbonyl (C=O) groups is 1. The van der Waals surface area contributed by atoms with Crippen LogP contribution in [0.25, 0.3) is 0 Å². The van der Waals surface area contributed by atoms with Gasteiger partial charge in [-0.05, 0) is 44.7 Å². The highest BCUT2D eigenvalue weighted by atomic mass is 35.5. The molecule has 2 N–H and O–H groups in total. The number of urea groups is 1. The number of hydrogen-bond donors (Lipinski definition) is 2. The van der Waals surface area contributed by atoms with E-state index < -0.39 is 11.8 Å². The molecular weight excluding hydrogens is 425 g/mol. The van der Waals surface area contributed by atoms with Crippen LogP contribution >= 0.6 is 11.6 Å². The Bertz CT molecular complexity index is 984. The number of nitrogens with zero attached hydrogens (tertiary/aromatic N) is 4. The molecule has 0 unspecified atom stereocenters. The van der Waals surface area contributed by atoms with Gasteiger partial charge in [0.25, 0.3) is 0 Å². The van der Waals surface area contributed by atoms with Gasteiger partial charge in [-0.1, -0.05) is 11.6 Å². The lowest BCUT2D eigenvalue weighted by Crippen LogP contribution is -2.48. The van der Waals surface area contributed by atoms with Crippen molar-refractivity contribution in [3.05, 3.63) is 34.7 Å². The van der Waals surface area contributed by atoms with E-state index in [0.29, 0.717) is 23.9 Å². The third-order valence-electron chi connectivity index (χ3n) is 5.76. The molecule has 0 saturated heterocycles. The van der Waals surface area contributed by atoms with Gasteiger partial charge < -0.3 is 15.2 Å². The van der Waals surface area contributed by atoms with Crippen LogP contribution in [0, 0.1) is 5.82 Å². The van der Waals surface area contributed by atoms with Crippen molar-refractivity contribution in [2.45, 2.75) is 51.3 Å². The number of aliphatic hydroxyl groups is 1. The molecule has 1 aliphatic carbocycles. The Morgan fingerprint density at radius 1 is 1.32 bits per heavy atom. The number of carbonyl (C=O) groups excluding carboxylic acids is 1. The van der Waals surface area contributed by atoms with Gasteiger partial charge in [0, 0.05) is 24.3 Å². The molecule has 0 atom stereocenters. The SMILES string of the molecule is CCN1C(=O)N(c2c(Cl)ccc(OC)c2F)Cc2cnc(NC3CCC(O)CC3)nc21. The van der Waals surface area contributed by atoms with Crippen LogP contribution < -0.4 is 19.9 Å². The highest BCUT2D eigenvalue weighted by molar-refractivity contribution is 6.34. The molecule has 4 rings (SSSR count). The average molecular weight is 450 g/mol. The molecular formula is C21H25ClFN5O3. The summed E-state index contributed by atoms with van der Waals surface area (Å²) in [5.41, 5.74) is 0.655. The fraction of sp³-hybridized carbons (Fsp3) is 0.476. The minimum atomic E-state index is -0.693. The van der Waals surface area contributed by atoms with Gasteiger partial charge in [0.2, 0.25) is 5.95 Å². The van der Waals surface area contributed by atoms with Gasteiger partial charge in [0.15, 0.2) is 11.6 Å². The van der Waals surface area contributed by atoms with Gasteiger partial charge >= 0.3 is 6.03 Å². The lowest BCUT2D eigenvalue weighted by molar-refractivity contribution is 0.126. The Kier molecular flexibility index (Phi) is 6.15. The van der Waals surface area contributed by atoms with Crippen LogP contribution in [0.15, 0.2) is 18.3 Å². The summed E-state index contributed by atoms with van der Waals surface area (Å²) < 4.78 is 20.0. The lowest BCUT2D eigenvalue weighted by atomic mass is 9.93. The quantitative estimate of drug-likeness (QED) is 0.718. The molecule has 1 aliphatic heterocycles. The third-order valence-corrected chi connectivity index (χ3v) is 6.06. The normalized spacial score (nSPS) is 21.1. The van der Waals surface area contributed by atoms with Crippen LogP contribution in [0.1, 0.15) is 38.2 Å². The number of rotatable bonds is 5. The number of methoxy groups -OCH3 is 1. The Labute approximate surface area is 185 Å². The van der Waals surface area contributed by atoms with Gasteiger partial charge in [-0.2, -0.15) is 4.98 Å². The van der Waals surface area contributed by atoms with E-state index >= 15 is 0 Å². The Morgan fingerprint density at radius 2 is 2.06 bits per heavy atom. The standard InChI is InChI=1S/C21H25ClFN5O3/c1-3-27-19-12(10-24-20(26-19)25-13-4-6-14(29)7-5-13)11-28(21(27)30)18-15(22)8-9-16(31-2)17(18)23/h8-10,13-14,29H,3-7,11H2,1-2H3,(H,24,25,26). The first-order valence-electron chi connectivity index (χ1n) is 10.3. The summed E-state index contributed by atoms with van der Waals surface area (Å²) in [5, 5.41) is 13.1. The van der Waals surface area contributed by atoms with Crippen molar-refractivity contribution >= 4 is 35.1 Å². The molecule has 1 fully saturated rings. The number of anilines is 3. The minimum absolute atomic E-state index is 0.00874. The van der Waals surface area contributed by atoms with Gasteiger partial charge in [-0.3, -0.25) is 9.80 Å². The first-order chi connectivity index (χ1) is 14.9. The molecule has 31 heavy (non-hydrogen) atoms. The fourth-order valence-electron chi connectivity index (χ4n) is 4.08. The van der Waals surface area contributed by atoms with Crippen molar-refractivity contribution in [3.8, 4) is 5.75 Å². The Hall–Kier alpha value is -2.65. The largest absolute Gasteiger partial charge is 0.494 e. The first kappa shape index (κ1) is 21.6. The molecule has 8 nitrogen and oxygen atoms in total. The minimum Gasteiger partial charge on any atom is -0.494 e. The number of amides is 2. The number of ether oxygens (including phenoxy) is 1. The molecule has 0 bridgehead atoms. The van der Waals surface area contributed by atoms with Crippen molar-refractivity contribution in [3.63, 3.8) is 0 Å². The van der Waals surface area contributed by atoms with E-state index in [1.54, 1.807) is 6.20 Å². The average Bonchev–Trinajstić information content (AvgIpc) is 2.76. The van der Waals surface area contributed by atoms with Crippen LogP contribution in [0.4, 0.5) is 26.6 Å². The number of nitrogens with one attached hydrogen (secondary N) is 1. The Balaban J connectivity index is 1.64. The summed E-state index contributed by atoms with van der Waals surface area (Å²) in [6.07, 6.45) is 4.55. The molecule has 1 saturated carbocycles. The first-order valence-corrected chi connectivity index (χ1v) is 10.7. The number of hydrogen-bond acceptors (Lipinski definition) is 6. The van der Waals surface area contributed by atoms with Gasteiger partial charge in [-0.25, -0.2) is 14.2 Å². The maximum atomic E-state index is 15.0. The molecule has 2 aliphatic rings. The van der Waals surface area contributed by atoms with E-state index in [4.69, 9.17) is 16.3 Å². The van der Waals surface area contributed by atoms with E-state index in [9.17, 15) is 14.3 Å². The van der Waals surface area contributed by atoms with Gasteiger partial charge in [-0.15, -0.1) is 0 Å². The van der Waals surface area contributed by atoms with Crippen molar-refractivity contribution < 1.29 is 19.0 Å². The monoisotopic (exact) mass is 449 g/mol. The maximum Gasteiger partial charge on any atom is 0.330 e. The summed E-state index contributed by atoms with van der Waals surface area (Å²) >= 11 is 6.25. The molecule has 1 aromatic heterocycles. The van der Waals surface area contributed by atoms with Crippen molar-refractivity contribution in [2.24, 2.45) is 0 Å². The molecule has 2 amide bonds. The number of halogens is 2. The molecule has 2 heterocycles. The summed E-state index contributed by atoms with van der Waals surface area (Å²) in [6.45, 7) is 2.26. The second-order valence-electron chi connectivity index (χ2n) is 7.72. The summed E-state index contributed by atoms with van der Waals surface area (Å²) in [6, 6.07) is 2.68.